The Labute approximate surface area is 243 Å². The number of hydrogen-bond donors (Lipinski definition) is 3. The SMILES string of the molecule is CCOC(=O)N1CCN(C(=O)C(CP(=O)(O)O)NC(=O)c2cc(-c3ccc(OC)cc3)cc(-c3ccccc3)n2)CC1. The number of pyridine rings is 1. The van der Waals surface area contributed by atoms with Crippen molar-refractivity contribution in [3.63, 3.8) is 0 Å². The summed E-state index contributed by atoms with van der Waals surface area (Å²) in [6.45, 7) is 2.52. The number of aromatic nitrogens is 1. The second kappa shape index (κ2) is 13.6. The highest BCUT2D eigenvalue weighted by Crippen LogP contribution is 2.35. The number of carbonyl (C=O) groups excluding carboxylic acids is 3. The molecule has 1 fully saturated rings. The van der Waals surface area contributed by atoms with Gasteiger partial charge in [-0.05, 0) is 42.3 Å². The van der Waals surface area contributed by atoms with Gasteiger partial charge in [-0.3, -0.25) is 14.2 Å². The molecular formula is C29H33N4O8P. The van der Waals surface area contributed by atoms with Crippen molar-refractivity contribution < 1.29 is 38.2 Å². The van der Waals surface area contributed by atoms with Crippen LogP contribution in [0.25, 0.3) is 22.4 Å². The highest BCUT2D eigenvalue weighted by Gasteiger charge is 2.35. The fourth-order valence-electron chi connectivity index (χ4n) is 4.55. The van der Waals surface area contributed by atoms with Crippen LogP contribution in [0.2, 0.25) is 0 Å². The summed E-state index contributed by atoms with van der Waals surface area (Å²) < 4.78 is 22.2. The first-order chi connectivity index (χ1) is 20.1. The van der Waals surface area contributed by atoms with Crippen LogP contribution in [0.1, 0.15) is 17.4 Å². The van der Waals surface area contributed by atoms with E-state index in [0.717, 1.165) is 11.1 Å². The third-order valence-electron chi connectivity index (χ3n) is 6.69. The number of nitrogens with one attached hydrogen (secondary N) is 1. The predicted molar refractivity (Wildman–Crippen MR) is 155 cm³/mol. The van der Waals surface area contributed by atoms with Gasteiger partial charge < -0.3 is 34.4 Å². The fraction of sp³-hybridized carbons (Fsp3) is 0.310. The fourth-order valence-corrected chi connectivity index (χ4v) is 5.28. The number of carbonyl (C=O) groups is 3. The Morgan fingerprint density at radius 1 is 0.929 bits per heavy atom. The van der Waals surface area contributed by atoms with E-state index in [0.29, 0.717) is 17.0 Å². The summed E-state index contributed by atoms with van der Waals surface area (Å²) in [7, 11) is -3.15. The maximum atomic E-state index is 13.5. The Morgan fingerprint density at radius 2 is 1.57 bits per heavy atom. The normalized spacial score (nSPS) is 14.2. The first kappa shape index (κ1) is 30.7. The van der Waals surface area contributed by atoms with E-state index in [9.17, 15) is 28.7 Å². The lowest BCUT2D eigenvalue weighted by Gasteiger charge is -2.36. The van der Waals surface area contributed by atoms with Crippen LogP contribution in [0.4, 0.5) is 4.79 Å². The van der Waals surface area contributed by atoms with Crippen LogP contribution in [-0.4, -0.2) is 94.6 Å². The molecule has 1 saturated heterocycles. The second-order valence-corrected chi connectivity index (χ2v) is 11.3. The Hall–Kier alpha value is -4.25. The summed E-state index contributed by atoms with van der Waals surface area (Å²) in [4.78, 5) is 65.7. The molecule has 0 radical (unpaired) electrons. The van der Waals surface area contributed by atoms with E-state index < -0.39 is 37.7 Å². The smallest absolute Gasteiger partial charge is 0.409 e. The van der Waals surface area contributed by atoms with E-state index in [2.05, 4.69) is 10.3 Å². The van der Waals surface area contributed by atoms with Crippen LogP contribution in [0.3, 0.4) is 0 Å². The molecule has 1 aliphatic rings. The van der Waals surface area contributed by atoms with Crippen molar-refractivity contribution in [3.8, 4) is 28.1 Å². The van der Waals surface area contributed by atoms with Gasteiger partial charge in [-0.2, -0.15) is 0 Å². The monoisotopic (exact) mass is 596 g/mol. The van der Waals surface area contributed by atoms with Crippen molar-refractivity contribution in [1.82, 2.24) is 20.1 Å². The lowest BCUT2D eigenvalue weighted by molar-refractivity contribution is -0.134. The van der Waals surface area contributed by atoms with E-state index in [1.807, 2.05) is 48.5 Å². The van der Waals surface area contributed by atoms with Crippen LogP contribution < -0.4 is 10.1 Å². The van der Waals surface area contributed by atoms with Crippen molar-refractivity contribution in [2.75, 3.05) is 46.1 Å². The number of nitrogens with zero attached hydrogens (tertiary/aromatic N) is 3. The number of amides is 3. The van der Waals surface area contributed by atoms with Gasteiger partial charge in [0.15, 0.2) is 0 Å². The molecule has 2 heterocycles. The van der Waals surface area contributed by atoms with Gasteiger partial charge in [0.2, 0.25) is 5.91 Å². The number of methoxy groups -OCH3 is 1. The number of benzene rings is 2. The molecule has 0 saturated carbocycles. The minimum atomic E-state index is -4.71. The summed E-state index contributed by atoms with van der Waals surface area (Å²) >= 11 is 0. The molecular weight excluding hydrogens is 563 g/mol. The molecule has 1 aliphatic heterocycles. The minimum absolute atomic E-state index is 0.0298. The first-order valence-corrected chi connectivity index (χ1v) is 15.2. The zero-order valence-corrected chi connectivity index (χ0v) is 24.2. The Bertz CT molecular complexity index is 1450. The molecule has 3 N–H and O–H groups in total. The Kier molecular flexibility index (Phi) is 9.95. The molecule has 0 bridgehead atoms. The van der Waals surface area contributed by atoms with Crippen molar-refractivity contribution in [1.29, 1.82) is 0 Å². The number of ether oxygens (including phenoxy) is 2. The van der Waals surface area contributed by atoms with Crippen LogP contribution >= 0.6 is 7.60 Å². The molecule has 1 atom stereocenters. The maximum absolute atomic E-state index is 13.5. The van der Waals surface area contributed by atoms with E-state index in [4.69, 9.17) is 9.47 Å². The zero-order valence-electron chi connectivity index (χ0n) is 23.3. The van der Waals surface area contributed by atoms with Crippen LogP contribution in [0.5, 0.6) is 5.75 Å². The number of hydrogen-bond acceptors (Lipinski definition) is 7. The minimum Gasteiger partial charge on any atom is -0.497 e. The number of piperazine rings is 1. The summed E-state index contributed by atoms with van der Waals surface area (Å²) in [5.74, 6) is -0.764. The molecule has 13 heteroatoms. The molecule has 42 heavy (non-hydrogen) atoms. The topological polar surface area (TPSA) is 159 Å². The average Bonchev–Trinajstić information content (AvgIpc) is 3.00. The molecule has 1 unspecified atom stereocenters. The predicted octanol–water partition coefficient (Wildman–Crippen LogP) is 3.00. The van der Waals surface area contributed by atoms with Gasteiger partial charge in [0, 0.05) is 31.7 Å². The summed E-state index contributed by atoms with van der Waals surface area (Å²) in [5.41, 5.74) is 2.68. The summed E-state index contributed by atoms with van der Waals surface area (Å²) in [6, 6.07) is 18.3. The molecule has 1 aromatic heterocycles. The molecule has 0 aliphatic carbocycles. The van der Waals surface area contributed by atoms with Gasteiger partial charge in [0.1, 0.15) is 17.5 Å². The van der Waals surface area contributed by atoms with Gasteiger partial charge in [0.25, 0.3) is 5.91 Å². The highest BCUT2D eigenvalue weighted by atomic mass is 31.2. The van der Waals surface area contributed by atoms with E-state index >= 15 is 0 Å². The molecule has 2 aromatic carbocycles. The standard InChI is InChI=1S/C29H33N4O8P/c1-3-41-29(36)33-15-13-32(14-16-33)28(35)26(19-42(37,38)39)31-27(34)25-18-22(20-9-11-23(40-2)12-10-20)17-24(30-25)21-7-5-4-6-8-21/h4-12,17-18,26H,3,13-16,19H2,1-2H3,(H,31,34)(H2,37,38,39). The van der Waals surface area contributed by atoms with Crippen molar-refractivity contribution >= 4 is 25.5 Å². The zero-order chi connectivity index (χ0) is 30.3. The summed E-state index contributed by atoms with van der Waals surface area (Å²) in [5, 5.41) is 2.51. The second-order valence-electron chi connectivity index (χ2n) is 9.61. The third kappa shape index (κ3) is 7.94. The number of rotatable bonds is 9. The lowest BCUT2D eigenvalue weighted by Crippen LogP contribution is -2.56. The quantitative estimate of drug-likeness (QED) is 0.316. The van der Waals surface area contributed by atoms with Crippen LogP contribution in [0.15, 0.2) is 66.7 Å². The van der Waals surface area contributed by atoms with Gasteiger partial charge in [0.05, 0.1) is 25.6 Å². The Morgan fingerprint density at radius 3 is 2.17 bits per heavy atom. The van der Waals surface area contributed by atoms with Crippen LogP contribution in [0, 0.1) is 0 Å². The third-order valence-corrected chi connectivity index (χ3v) is 7.53. The highest BCUT2D eigenvalue weighted by molar-refractivity contribution is 7.51. The van der Waals surface area contributed by atoms with E-state index in [1.165, 1.54) is 9.80 Å². The summed E-state index contributed by atoms with van der Waals surface area (Å²) in [6.07, 6.45) is -1.39. The van der Waals surface area contributed by atoms with E-state index in [1.54, 1.807) is 32.2 Å². The van der Waals surface area contributed by atoms with Crippen LogP contribution in [-0.2, 0) is 14.1 Å². The molecule has 4 rings (SSSR count). The van der Waals surface area contributed by atoms with Gasteiger partial charge in [-0.25, -0.2) is 9.78 Å². The van der Waals surface area contributed by atoms with Gasteiger partial charge in [-0.1, -0.05) is 42.5 Å². The van der Waals surface area contributed by atoms with Gasteiger partial charge >= 0.3 is 13.7 Å². The van der Waals surface area contributed by atoms with Crippen molar-refractivity contribution in [2.24, 2.45) is 0 Å². The van der Waals surface area contributed by atoms with Crippen molar-refractivity contribution in [3.05, 3.63) is 72.4 Å². The van der Waals surface area contributed by atoms with Gasteiger partial charge in [-0.15, -0.1) is 0 Å². The molecule has 12 nitrogen and oxygen atoms in total. The maximum Gasteiger partial charge on any atom is 0.409 e. The average molecular weight is 597 g/mol. The first-order valence-electron chi connectivity index (χ1n) is 13.4. The van der Waals surface area contributed by atoms with Crippen molar-refractivity contribution in [2.45, 2.75) is 13.0 Å². The molecule has 3 amide bonds. The largest absolute Gasteiger partial charge is 0.497 e. The Balaban J connectivity index is 1.61. The molecule has 0 spiro atoms. The molecule has 222 valence electrons. The molecule has 3 aromatic rings. The lowest BCUT2D eigenvalue weighted by atomic mass is 10.0. The van der Waals surface area contributed by atoms with E-state index in [-0.39, 0.29) is 38.5 Å².